The molecule has 0 N–H and O–H groups in total. The summed E-state index contributed by atoms with van der Waals surface area (Å²) in [6, 6.07) is 24.0. The SMILES string of the molecule is O=C(c1snnc1-c1cccs1)N(Cc1ccccc1)Cc1ccccc1. The Labute approximate surface area is 165 Å². The second kappa shape index (κ2) is 8.24. The van der Waals surface area contributed by atoms with Gasteiger partial charge in [0.1, 0.15) is 10.6 Å². The number of carbonyl (C=O) groups excluding carboxylic acids is 1. The number of carbonyl (C=O) groups is 1. The quantitative estimate of drug-likeness (QED) is 0.459. The van der Waals surface area contributed by atoms with Crippen LogP contribution in [0.2, 0.25) is 0 Å². The molecule has 2 aromatic heterocycles. The highest BCUT2D eigenvalue weighted by atomic mass is 32.1. The molecule has 0 atom stereocenters. The molecule has 4 rings (SSSR count). The van der Waals surface area contributed by atoms with E-state index in [4.69, 9.17) is 0 Å². The van der Waals surface area contributed by atoms with Crippen LogP contribution in [0.5, 0.6) is 0 Å². The van der Waals surface area contributed by atoms with Crippen molar-refractivity contribution in [2.75, 3.05) is 0 Å². The highest BCUT2D eigenvalue weighted by Crippen LogP contribution is 2.29. The van der Waals surface area contributed by atoms with Crippen molar-refractivity contribution in [1.82, 2.24) is 14.5 Å². The van der Waals surface area contributed by atoms with Crippen molar-refractivity contribution >= 4 is 28.8 Å². The van der Waals surface area contributed by atoms with Gasteiger partial charge in [-0.2, -0.15) is 0 Å². The summed E-state index contributed by atoms with van der Waals surface area (Å²) in [5.41, 5.74) is 2.86. The van der Waals surface area contributed by atoms with Crippen molar-refractivity contribution in [2.45, 2.75) is 13.1 Å². The summed E-state index contributed by atoms with van der Waals surface area (Å²) >= 11 is 2.73. The number of benzene rings is 2. The summed E-state index contributed by atoms with van der Waals surface area (Å²) in [6.45, 7) is 1.08. The highest BCUT2D eigenvalue weighted by Gasteiger charge is 2.24. The zero-order chi connectivity index (χ0) is 18.5. The van der Waals surface area contributed by atoms with Crippen LogP contribution in [0.4, 0.5) is 0 Å². The third kappa shape index (κ3) is 4.13. The van der Waals surface area contributed by atoms with Gasteiger partial charge in [0.05, 0.1) is 4.88 Å². The predicted octanol–water partition coefficient (Wildman–Crippen LogP) is 5.11. The van der Waals surface area contributed by atoms with Crippen LogP contribution < -0.4 is 0 Å². The third-order valence-corrected chi connectivity index (χ3v) is 5.75. The molecule has 6 heteroatoms. The first-order valence-electron chi connectivity index (χ1n) is 8.54. The monoisotopic (exact) mass is 391 g/mol. The minimum Gasteiger partial charge on any atom is -0.329 e. The Morgan fingerprint density at radius 2 is 1.48 bits per heavy atom. The van der Waals surface area contributed by atoms with Crippen LogP contribution in [0.25, 0.3) is 10.6 Å². The van der Waals surface area contributed by atoms with Crippen molar-refractivity contribution in [1.29, 1.82) is 0 Å². The maximum Gasteiger partial charge on any atom is 0.268 e. The lowest BCUT2D eigenvalue weighted by atomic mass is 10.1. The van der Waals surface area contributed by atoms with E-state index in [1.54, 1.807) is 11.3 Å². The first kappa shape index (κ1) is 17.6. The predicted molar refractivity (Wildman–Crippen MR) is 110 cm³/mol. The molecule has 0 bridgehead atoms. The molecule has 0 fully saturated rings. The van der Waals surface area contributed by atoms with Crippen LogP contribution in [0, 0.1) is 0 Å². The Kier molecular flexibility index (Phi) is 5.37. The molecule has 0 spiro atoms. The number of hydrogen-bond donors (Lipinski definition) is 0. The molecule has 27 heavy (non-hydrogen) atoms. The van der Waals surface area contributed by atoms with Crippen molar-refractivity contribution in [3.63, 3.8) is 0 Å². The van der Waals surface area contributed by atoms with Gasteiger partial charge in [0.2, 0.25) is 0 Å². The van der Waals surface area contributed by atoms with Gasteiger partial charge >= 0.3 is 0 Å². The lowest BCUT2D eigenvalue weighted by molar-refractivity contribution is 0.0735. The van der Waals surface area contributed by atoms with E-state index in [2.05, 4.69) is 9.59 Å². The van der Waals surface area contributed by atoms with Gasteiger partial charge in [-0.3, -0.25) is 4.79 Å². The number of amides is 1. The van der Waals surface area contributed by atoms with Gasteiger partial charge in [0, 0.05) is 13.1 Å². The molecule has 0 saturated heterocycles. The first-order valence-corrected chi connectivity index (χ1v) is 10.2. The van der Waals surface area contributed by atoms with Crippen LogP contribution in [-0.4, -0.2) is 20.4 Å². The topological polar surface area (TPSA) is 46.1 Å². The minimum atomic E-state index is -0.0406. The summed E-state index contributed by atoms with van der Waals surface area (Å²) in [5.74, 6) is -0.0406. The maximum atomic E-state index is 13.4. The second-order valence-corrected chi connectivity index (χ2v) is 7.76. The normalized spacial score (nSPS) is 10.7. The van der Waals surface area contributed by atoms with Crippen LogP contribution in [0.3, 0.4) is 0 Å². The molecule has 4 nitrogen and oxygen atoms in total. The van der Waals surface area contributed by atoms with Crippen LogP contribution in [0.15, 0.2) is 78.2 Å². The fourth-order valence-electron chi connectivity index (χ4n) is 2.86. The number of thiophene rings is 1. The average Bonchev–Trinajstić information content (AvgIpc) is 3.40. The van der Waals surface area contributed by atoms with E-state index in [-0.39, 0.29) is 5.91 Å². The molecule has 0 radical (unpaired) electrons. The Morgan fingerprint density at radius 3 is 2.04 bits per heavy atom. The Morgan fingerprint density at radius 1 is 0.852 bits per heavy atom. The second-order valence-electron chi connectivity index (χ2n) is 6.06. The van der Waals surface area contributed by atoms with E-state index in [1.165, 1.54) is 0 Å². The Bertz CT molecular complexity index is 957. The molecule has 2 heterocycles. The fourth-order valence-corrected chi connectivity index (χ4v) is 4.28. The van der Waals surface area contributed by atoms with E-state index in [9.17, 15) is 4.79 Å². The van der Waals surface area contributed by atoms with Gasteiger partial charge in [0.25, 0.3) is 5.91 Å². The van der Waals surface area contributed by atoms with E-state index < -0.39 is 0 Å². The summed E-state index contributed by atoms with van der Waals surface area (Å²) in [5, 5.41) is 6.19. The molecule has 0 saturated carbocycles. The first-order chi connectivity index (χ1) is 13.3. The van der Waals surface area contributed by atoms with Gasteiger partial charge < -0.3 is 4.90 Å². The Hall–Kier alpha value is -2.83. The van der Waals surface area contributed by atoms with E-state index in [1.807, 2.05) is 83.1 Å². The van der Waals surface area contributed by atoms with Crippen molar-refractivity contribution in [3.8, 4) is 10.6 Å². The molecular formula is C21H17N3OS2. The van der Waals surface area contributed by atoms with E-state index >= 15 is 0 Å². The standard InChI is InChI=1S/C21H17N3OS2/c25-21(20-19(22-23-27-20)18-12-7-13-26-18)24(14-16-8-3-1-4-9-16)15-17-10-5-2-6-11-17/h1-13H,14-15H2. The van der Waals surface area contributed by atoms with Crippen molar-refractivity contribution < 1.29 is 4.79 Å². The van der Waals surface area contributed by atoms with E-state index in [0.717, 1.165) is 27.5 Å². The fraction of sp³-hybridized carbons (Fsp3) is 0.0952. The summed E-state index contributed by atoms with van der Waals surface area (Å²) in [6.07, 6.45) is 0. The third-order valence-electron chi connectivity index (χ3n) is 4.16. The molecule has 0 aliphatic heterocycles. The van der Waals surface area contributed by atoms with Gasteiger partial charge in [-0.05, 0) is 34.1 Å². The van der Waals surface area contributed by atoms with Crippen molar-refractivity contribution in [3.05, 3.63) is 94.2 Å². The van der Waals surface area contributed by atoms with Crippen LogP contribution >= 0.6 is 22.9 Å². The molecule has 2 aromatic carbocycles. The smallest absolute Gasteiger partial charge is 0.268 e. The van der Waals surface area contributed by atoms with Crippen molar-refractivity contribution in [2.24, 2.45) is 0 Å². The van der Waals surface area contributed by atoms with Gasteiger partial charge in [-0.15, -0.1) is 16.4 Å². The maximum absolute atomic E-state index is 13.4. The minimum absolute atomic E-state index is 0.0406. The zero-order valence-electron chi connectivity index (χ0n) is 14.5. The Balaban J connectivity index is 1.65. The molecular weight excluding hydrogens is 374 g/mol. The van der Waals surface area contributed by atoms with E-state index in [0.29, 0.717) is 23.7 Å². The average molecular weight is 392 g/mol. The van der Waals surface area contributed by atoms with Crippen LogP contribution in [-0.2, 0) is 13.1 Å². The number of nitrogens with zero attached hydrogens (tertiary/aromatic N) is 3. The lowest BCUT2D eigenvalue weighted by Gasteiger charge is -2.22. The molecule has 0 unspecified atom stereocenters. The lowest BCUT2D eigenvalue weighted by Crippen LogP contribution is -2.30. The molecule has 134 valence electrons. The molecule has 0 aliphatic carbocycles. The van der Waals surface area contributed by atoms with Gasteiger partial charge in [-0.1, -0.05) is 71.2 Å². The molecule has 1 amide bonds. The van der Waals surface area contributed by atoms with Gasteiger partial charge in [0.15, 0.2) is 0 Å². The summed E-state index contributed by atoms with van der Waals surface area (Å²) in [7, 11) is 0. The molecule has 0 aliphatic rings. The summed E-state index contributed by atoms with van der Waals surface area (Å²) < 4.78 is 4.05. The number of rotatable bonds is 6. The van der Waals surface area contributed by atoms with Crippen LogP contribution in [0.1, 0.15) is 20.8 Å². The van der Waals surface area contributed by atoms with Gasteiger partial charge in [-0.25, -0.2) is 0 Å². The highest BCUT2D eigenvalue weighted by molar-refractivity contribution is 7.14. The molecule has 4 aromatic rings. The zero-order valence-corrected chi connectivity index (χ0v) is 16.1. The number of aromatic nitrogens is 2. The number of hydrogen-bond acceptors (Lipinski definition) is 5. The largest absolute Gasteiger partial charge is 0.329 e. The summed E-state index contributed by atoms with van der Waals surface area (Å²) in [4.78, 5) is 16.8.